The molecule has 1 unspecified atom stereocenters. The molecule has 1 N–H and O–H groups in total. The molecule has 124 valence electrons. The van der Waals surface area contributed by atoms with Gasteiger partial charge in [0.25, 0.3) is 5.56 Å². The van der Waals surface area contributed by atoms with Crippen molar-refractivity contribution in [2.75, 3.05) is 0 Å². The zero-order valence-corrected chi connectivity index (χ0v) is 14.6. The molecule has 1 amide bonds. The average Bonchev–Trinajstić information content (AvgIpc) is 2.91. The van der Waals surface area contributed by atoms with E-state index in [1.807, 2.05) is 26.8 Å². The highest BCUT2D eigenvalue weighted by Crippen LogP contribution is 2.20. The Bertz CT molecular complexity index is 791. The van der Waals surface area contributed by atoms with E-state index in [9.17, 15) is 14.4 Å². The van der Waals surface area contributed by atoms with Crippen molar-refractivity contribution < 1.29 is 9.59 Å². The third-order valence-electron chi connectivity index (χ3n) is 3.65. The SMILES string of the molecule is CCc1cc2c(=O)n(CC(=O)NC(C(C)=O)C(C)C)cnc2s1. The van der Waals surface area contributed by atoms with E-state index in [1.165, 1.54) is 29.2 Å². The second-order valence-corrected chi connectivity index (χ2v) is 6.98. The van der Waals surface area contributed by atoms with Crippen molar-refractivity contribution in [2.24, 2.45) is 5.92 Å². The molecule has 2 aromatic heterocycles. The monoisotopic (exact) mass is 335 g/mol. The Morgan fingerprint density at radius 2 is 2.09 bits per heavy atom. The second kappa shape index (κ2) is 7.04. The fraction of sp³-hybridized carbons (Fsp3) is 0.500. The minimum atomic E-state index is -0.539. The van der Waals surface area contributed by atoms with E-state index in [2.05, 4.69) is 10.3 Å². The number of nitrogens with zero attached hydrogens (tertiary/aromatic N) is 2. The van der Waals surface area contributed by atoms with E-state index in [0.29, 0.717) is 10.2 Å². The molecule has 7 heteroatoms. The predicted octanol–water partition coefficient (Wildman–Crippen LogP) is 1.75. The summed E-state index contributed by atoms with van der Waals surface area (Å²) in [4.78, 5) is 42.1. The van der Waals surface area contributed by atoms with Crippen LogP contribution in [0.2, 0.25) is 0 Å². The lowest BCUT2D eigenvalue weighted by Crippen LogP contribution is -2.45. The van der Waals surface area contributed by atoms with Crippen LogP contribution in [-0.4, -0.2) is 27.3 Å². The number of Topliss-reactive ketones (excluding diaryl/α,β-unsaturated/α-hetero) is 1. The highest BCUT2D eigenvalue weighted by atomic mass is 32.1. The normalized spacial score (nSPS) is 12.6. The van der Waals surface area contributed by atoms with Crippen molar-refractivity contribution >= 4 is 33.2 Å². The molecule has 0 saturated carbocycles. The van der Waals surface area contributed by atoms with Gasteiger partial charge in [0.05, 0.1) is 17.8 Å². The molecule has 0 saturated heterocycles. The van der Waals surface area contributed by atoms with Gasteiger partial charge in [-0.15, -0.1) is 11.3 Å². The maximum absolute atomic E-state index is 12.4. The number of hydrogen-bond donors (Lipinski definition) is 1. The largest absolute Gasteiger partial charge is 0.344 e. The van der Waals surface area contributed by atoms with E-state index in [1.54, 1.807) is 0 Å². The number of hydrogen-bond acceptors (Lipinski definition) is 5. The van der Waals surface area contributed by atoms with E-state index < -0.39 is 6.04 Å². The molecule has 2 rings (SSSR count). The van der Waals surface area contributed by atoms with Gasteiger partial charge in [-0.1, -0.05) is 20.8 Å². The van der Waals surface area contributed by atoms with Crippen molar-refractivity contribution in [2.45, 2.75) is 46.7 Å². The highest BCUT2D eigenvalue weighted by molar-refractivity contribution is 7.18. The number of fused-ring (bicyclic) bond motifs is 1. The number of nitrogens with one attached hydrogen (secondary N) is 1. The Morgan fingerprint density at radius 1 is 1.39 bits per heavy atom. The number of carbonyl (C=O) groups is 2. The summed E-state index contributed by atoms with van der Waals surface area (Å²) < 4.78 is 1.28. The molecular weight excluding hydrogens is 314 g/mol. The maximum Gasteiger partial charge on any atom is 0.262 e. The quantitative estimate of drug-likeness (QED) is 0.872. The summed E-state index contributed by atoms with van der Waals surface area (Å²) in [5.41, 5.74) is -0.231. The number of rotatable bonds is 6. The molecule has 0 aliphatic rings. The Kier molecular flexibility index (Phi) is 5.30. The van der Waals surface area contributed by atoms with Crippen LogP contribution in [0.15, 0.2) is 17.2 Å². The minimum Gasteiger partial charge on any atom is -0.344 e. The van der Waals surface area contributed by atoms with Crippen molar-refractivity contribution in [1.82, 2.24) is 14.9 Å². The second-order valence-electron chi connectivity index (χ2n) is 5.86. The van der Waals surface area contributed by atoms with Crippen LogP contribution in [0.3, 0.4) is 0 Å². The molecule has 0 radical (unpaired) electrons. The molecule has 0 spiro atoms. The van der Waals surface area contributed by atoms with Crippen LogP contribution in [0.1, 0.15) is 32.6 Å². The maximum atomic E-state index is 12.4. The molecule has 2 aromatic rings. The van der Waals surface area contributed by atoms with Gasteiger partial charge in [-0.05, 0) is 25.3 Å². The van der Waals surface area contributed by atoms with Crippen LogP contribution in [0.4, 0.5) is 0 Å². The third kappa shape index (κ3) is 3.85. The zero-order chi connectivity index (χ0) is 17.1. The van der Waals surface area contributed by atoms with Gasteiger partial charge in [-0.3, -0.25) is 19.0 Å². The number of ketones is 1. The first-order chi connectivity index (χ1) is 10.8. The lowest BCUT2D eigenvalue weighted by Gasteiger charge is -2.19. The Hall–Kier alpha value is -2.02. The summed E-state index contributed by atoms with van der Waals surface area (Å²) in [5, 5.41) is 3.22. The Balaban J connectivity index is 2.21. The number of thiophene rings is 1. The zero-order valence-electron chi connectivity index (χ0n) is 13.8. The number of carbonyl (C=O) groups excluding carboxylic acids is 2. The molecule has 0 fully saturated rings. The summed E-state index contributed by atoms with van der Waals surface area (Å²) in [5.74, 6) is -0.467. The third-order valence-corrected chi connectivity index (χ3v) is 4.84. The summed E-state index contributed by atoms with van der Waals surface area (Å²) in [6.45, 7) is 7.05. The fourth-order valence-electron chi connectivity index (χ4n) is 2.41. The van der Waals surface area contributed by atoms with Crippen molar-refractivity contribution in [3.8, 4) is 0 Å². The topological polar surface area (TPSA) is 81.1 Å². The van der Waals surface area contributed by atoms with Gasteiger partial charge in [0.2, 0.25) is 5.91 Å². The molecular formula is C16H21N3O3S. The molecule has 0 aliphatic carbocycles. The van der Waals surface area contributed by atoms with Gasteiger partial charge < -0.3 is 5.32 Å². The van der Waals surface area contributed by atoms with Gasteiger partial charge in [-0.2, -0.15) is 0 Å². The van der Waals surface area contributed by atoms with E-state index in [-0.39, 0.29) is 29.7 Å². The first-order valence-corrected chi connectivity index (χ1v) is 8.42. The Morgan fingerprint density at radius 3 is 2.65 bits per heavy atom. The molecule has 0 bridgehead atoms. The van der Waals surface area contributed by atoms with Gasteiger partial charge in [0.15, 0.2) is 5.78 Å². The van der Waals surface area contributed by atoms with Crippen LogP contribution in [0.5, 0.6) is 0 Å². The van der Waals surface area contributed by atoms with Crippen molar-refractivity contribution in [3.05, 3.63) is 27.6 Å². The standard InChI is InChI=1S/C16H21N3O3S/c1-5-11-6-12-15(23-11)17-8-19(16(12)22)7-13(21)18-14(9(2)3)10(4)20/h6,8-9,14H,5,7H2,1-4H3,(H,18,21). The lowest BCUT2D eigenvalue weighted by molar-refractivity contribution is -0.128. The molecule has 0 aromatic carbocycles. The highest BCUT2D eigenvalue weighted by Gasteiger charge is 2.21. The van der Waals surface area contributed by atoms with Gasteiger partial charge >= 0.3 is 0 Å². The molecule has 0 aliphatic heterocycles. The summed E-state index contributed by atoms with van der Waals surface area (Å²) in [6.07, 6.45) is 2.23. The smallest absolute Gasteiger partial charge is 0.262 e. The van der Waals surface area contributed by atoms with Crippen molar-refractivity contribution in [3.63, 3.8) is 0 Å². The number of aromatic nitrogens is 2. The summed E-state index contributed by atoms with van der Waals surface area (Å²) in [7, 11) is 0. The molecule has 1 atom stereocenters. The van der Waals surface area contributed by atoms with Crippen molar-refractivity contribution in [1.29, 1.82) is 0 Å². The van der Waals surface area contributed by atoms with Gasteiger partial charge in [0, 0.05) is 4.88 Å². The fourth-order valence-corrected chi connectivity index (χ4v) is 3.33. The molecule has 2 heterocycles. The molecule has 6 nitrogen and oxygen atoms in total. The summed E-state index contributed by atoms with van der Waals surface area (Å²) >= 11 is 1.49. The van der Waals surface area contributed by atoms with E-state index in [4.69, 9.17) is 0 Å². The lowest BCUT2D eigenvalue weighted by atomic mass is 10.0. The van der Waals surface area contributed by atoms with Crippen LogP contribution in [0.25, 0.3) is 10.2 Å². The average molecular weight is 335 g/mol. The summed E-state index contributed by atoms with van der Waals surface area (Å²) in [6, 6.07) is 1.29. The van der Waals surface area contributed by atoms with Crippen LogP contribution < -0.4 is 10.9 Å². The van der Waals surface area contributed by atoms with Gasteiger partial charge in [0.1, 0.15) is 11.4 Å². The van der Waals surface area contributed by atoms with E-state index in [0.717, 1.165) is 11.3 Å². The van der Waals surface area contributed by atoms with Crippen LogP contribution >= 0.6 is 11.3 Å². The Labute approximate surface area is 138 Å². The van der Waals surface area contributed by atoms with E-state index >= 15 is 0 Å². The predicted molar refractivity (Wildman–Crippen MR) is 90.7 cm³/mol. The first-order valence-electron chi connectivity index (χ1n) is 7.61. The minimum absolute atomic E-state index is 0.00207. The molecule has 23 heavy (non-hydrogen) atoms. The first kappa shape index (κ1) is 17.3. The van der Waals surface area contributed by atoms with Crippen LogP contribution in [-0.2, 0) is 22.6 Å². The number of aryl methyl sites for hydroxylation is 1. The van der Waals surface area contributed by atoms with Crippen LogP contribution in [0, 0.1) is 5.92 Å². The van der Waals surface area contributed by atoms with Gasteiger partial charge in [-0.25, -0.2) is 4.98 Å². The number of amides is 1.